The summed E-state index contributed by atoms with van der Waals surface area (Å²) >= 11 is 0. The van der Waals surface area contributed by atoms with Gasteiger partial charge in [-0.15, -0.1) is 0 Å². The number of nitrogens with one attached hydrogen (secondary N) is 3. The summed E-state index contributed by atoms with van der Waals surface area (Å²) in [6, 6.07) is 3.78. The Kier molecular flexibility index (Phi) is 12.4. The Labute approximate surface area is 203 Å². The summed E-state index contributed by atoms with van der Waals surface area (Å²) in [6.45, 7) is 2.69. The summed E-state index contributed by atoms with van der Waals surface area (Å²) in [5.74, 6) is -5.08. The average molecular weight is 495 g/mol. The van der Waals surface area contributed by atoms with Crippen LogP contribution in [0.25, 0.3) is 0 Å². The number of amides is 3. The van der Waals surface area contributed by atoms with Gasteiger partial charge in [0, 0.05) is 6.42 Å². The summed E-state index contributed by atoms with van der Waals surface area (Å²) < 4.78 is 0. The van der Waals surface area contributed by atoms with Crippen molar-refractivity contribution in [2.75, 3.05) is 6.61 Å². The number of aliphatic hydroxyl groups excluding tert-OH is 1. The number of carboxylic acids is 2. The standard InChI is InChI=1S/C23H34N4O8/c1-13(2)10-17(23(34)35)26-22(33)18(12-28)27-21(32)16(8-9-19(29)30)25-20(31)15(24)11-14-6-4-3-5-7-14/h3-7,13,15-18,28H,8-12,24H2,1-2H3,(H,25,31)(H,26,33)(H,27,32)(H,29,30)(H,34,35). The highest BCUT2D eigenvalue weighted by Crippen LogP contribution is 2.07. The van der Waals surface area contributed by atoms with E-state index in [1.165, 1.54) is 0 Å². The van der Waals surface area contributed by atoms with Crippen molar-refractivity contribution in [3.8, 4) is 0 Å². The number of aliphatic carboxylic acids is 2. The van der Waals surface area contributed by atoms with E-state index in [2.05, 4.69) is 16.0 Å². The van der Waals surface area contributed by atoms with Gasteiger partial charge >= 0.3 is 11.9 Å². The number of aliphatic hydroxyl groups is 1. The molecule has 12 heteroatoms. The summed E-state index contributed by atoms with van der Waals surface area (Å²) in [5, 5.41) is 34.8. The minimum atomic E-state index is -1.52. The van der Waals surface area contributed by atoms with Crippen LogP contribution in [0, 0.1) is 5.92 Å². The molecule has 0 saturated heterocycles. The summed E-state index contributed by atoms with van der Waals surface area (Å²) in [6.07, 6.45) is -0.453. The molecule has 0 aliphatic heterocycles. The Bertz CT molecular complexity index is 878. The third-order valence-electron chi connectivity index (χ3n) is 5.05. The zero-order valence-electron chi connectivity index (χ0n) is 19.8. The highest BCUT2D eigenvalue weighted by Gasteiger charge is 2.30. The Balaban J connectivity index is 2.87. The second-order valence-electron chi connectivity index (χ2n) is 8.56. The molecule has 4 unspecified atom stereocenters. The Morgan fingerprint density at radius 3 is 1.91 bits per heavy atom. The first-order valence-corrected chi connectivity index (χ1v) is 11.2. The van der Waals surface area contributed by atoms with Gasteiger partial charge < -0.3 is 37.0 Å². The van der Waals surface area contributed by atoms with E-state index in [0.717, 1.165) is 5.56 Å². The first kappa shape index (κ1) is 29.5. The fourth-order valence-corrected chi connectivity index (χ4v) is 3.21. The van der Waals surface area contributed by atoms with Crippen LogP contribution in [-0.4, -0.2) is 75.8 Å². The molecule has 0 radical (unpaired) electrons. The molecule has 0 aliphatic carbocycles. The van der Waals surface area contributed by atoms with Crippen molar-refractivity contribution in [3.63, 3.8) is 0 Å². The van der Waals surface area contributed by atoms with E-state index in [-0.39, 0.29) is 25.2 Å². The van der Waals surface area contributed by atoms with Crippen LogP contribution in [0.1, 0.15) is 38.7 Å². The number of hydrogen-bond acceptors (Lipinski definition) is 7. The largest absolute Gasteiger partial charge is 0.481 e. The molecule has 8 N–H and O–H groups in total. The van der Waals surface area contributed by atoms with Crippen LogP contribution in [-0.2, 0) is 30.4 Å². The maximum Gasteiger partial charge on any atom is 0.326 e. The van der Waals surface area contributed by atoms with Crippen molar-refractivity contribution >= 4 is 29.7 Å². The molecule has 0 fully saturated rings. The third-order valence-corrected chi connectivity index (χ3v) is 5.05. The van der Waals surface area contributed by atoms with Crippen molar-refractivity contribution in [1.82, 2.24) is 16.0 Å². The lowest BCUT2D eigenvalue weighted by Gasteiger charge is -2.24. The van der Waals surface area contributed by atoms with Gasteiger partial charge in [-0.1, -0.05) is 44.2 Å². The zero-order valence-corrected chi connectivity index (χ0v) is 19.8. The number of carbonyl (C=O) groups excluding carboxylic acids is 3. The molecule has 35 heavy (non-hydrogen) atoms. The maximum absolute atomic E-state index is 12.8. The van der Waals surface area contributed by atoms with E-state index >= 15 is 0 Å². The molecule has 194 valence electrons. The molecule has 0 saturated carbocycles. The molecular weight excluding hydrogens is 460 g/mol. The number of rotatable bonds is 15. The molecule has 0 aromatic heterocycles. The summed E-state index contributed by atoms with van der Waals surface area (Å²) in [7, 11) is 0. The van der Waals surface area contributed by atoms with Crippen molar-refractivity contribution in [3.05, 3.63) is 35.9 Å². The number of benzene rings is 1. The molecule has 1 aromatic rings. The number of hydrogen-bond donors (Lipinski definition) is 7. The van der Waals surface area contributed by atoms with Gasteiger partial charge in [-0.25, -0.2) is 4.79 Å². The van der Waals surface area contributed by atoms with Crippen LogP contribution in [0.15, 0.2) is 30.3 Å². The van der Waals surface area contributed by atoms with Gasteiger partial charge in [0.25, 0.3) is 0 Å². The predicted molar refractivity (Wildman–Crippen MR) is 125 cm³/mol. The van der Waals surface area contributed by atoms with Gasteiger partial charge in [0.15, 0.2) is 0 Å². The van der Waals surface area contributed by atoms with Crippen molar-refractivity contribution < 1.29 is 39.3 Å². The molecule has 3 amide bonds. The van der Waals surface area contributed by atoms with E-state index in [1.807, 2.05) is 0 Å². The summed E-state index contributed by atoms with van der Waals surface area (Å²) in [5.41, 5.74) is 6.72. The molecule has 4 atom stereocenters. The van der Waals surface area contributed by atoms with Crippen LogP contribution in [0.2, 0.25) is 0 Å². The lowest BCUT2D eigenvalue weighted by molar-refractivity contribution is -0.143. The van der Waals surface area contributed by atoms with Gasteiger partial charge in [0.05, 0.1) is 12.6 Å². The van der Waals surface area contributed by atoms with E-state index in [1.54, 1.807) is 44.2 Å². The second-order valence-corrected chi connectivity index (χ2v) is 8.56. The van der Waals surface area contributed by atoms with Crippen LogP contribution < -0.4 is 21.7 Å². The lowest BCUT2D eigenvalue weighted by Crippen LogP contribution is -2.58. The molecule has 0 aliphatic rings. The molecule has 1 rings (SSSR count). The highest BCUT2D eigenvalue weighted by molar-refractivity contribution is 5.94. The topological polar surface area (TPSA) is 208 Å². The molecular formula is C23H34N4O8. The number of carbonyl (C=O) groups is 5. The van der Waals surface area contributed by atoms with Crippen molar-refractivity contribution in [1.29, 1.82) is 0 Å². The van der Waals surface area contributed by atoms with Gasteiger partial charge in [-0.2, -0.15) is 0 Å². The first-order valence-electron chi connectivity index (χ1n) is 11.2. The molecule has 1 aromatic carbocycles. The molecule has 0 heterocycles. The molecule has 0 bridgehead atoms. The van der Waals surface area contributed by atoms with Crippen LogP contribution in [0.5, 0.6) is 0 Å². The van der Waals surface area contributed by atoms with E-state index in [4.69, 9.17) is 10.8 Å². The van der Waals surface area contributed by atoms with Crippen molar-refractivity contribution in [2.45, 2.75) is 63.7 Å². The summed E-state index contributed by atoms with van der Waals surface area (Å²) in [4.78, 5) is 60.2. The molecule has 12 nitrogen and oxygen atoms in total. The van der Waals surface area contributed by atoms with Gasteiger partial charge in [0.1, 0.15) is 18.1 Å². The monoisotopic (exact) mass is 494 g/mol. The zero-order chi connectivity index (χ0) is 26.5. The highest BCUT2D eigenvalue weighted by atomic mass is 16.4. The minimum Gasteiger partial charge on any atom is -0.481 e. The lowest BCUT2D eigenvalue weighted by atomic mass is 10.0. The Morgan fingerprint density at radius 1 is 0.857 bits per heavy atom. The van der Waals surface area contributed by atoms with Gasteiger partial charge in [-0.3, -0.25) is 19.2 Å². The quantitative estimate of drug-likeness (QED) is 0.159. The average Bonchev–Trinajstić information content (AvgIpc) is 2.79. The predicted octanol–water partition coefficient (Wildman–Crippen LogP) is -1.00. The minimum absolute atomic E-state index is 0.0470. The second kappa shape index (κ2) is 14.7. The third kappa shape index (κ3) is 11.0. The van der Waals surface area contributed by atoms with E-state index in [9.17, 15) is 34.2 Å². The Hall–Kier alpha value is -3.51. The first-order chi connectivity index (χ1) is 16.4. The van der Waals surface area contributed by atoms with E-state index < -0.39 is 66.9 Å². The fraction of sp³-hybridized carbons (Fsp3) is 0.522. The normalized spacial score (nSPS) is 14.3. The van der Waals surface area contributed by atoms with Gasteiger partial charge in [-0.05, 0) is 30.7 Å². The SMILES string of the molecule is CC(C)CC(NC(=O)C(CO)NC(=O)C(CCC(=O)O)NC(=O)C(N)Cc1ccccc1)C(=O)O. The van der Waals surface area contributed by atoms with Crippen LogP contribution in [0.4, 0.5) is 0 Å². The van der Waals surface area contributed by atoms with Crippen LogP contribution >= 0.6 is 0 Å². The fourth-order valence-electron chi connectivity index (χ4n) is 3.21. The smallest absolute Gasteiger partial charge is 0.326 e. The number of carboxylic acid groups (broad SMARTS) is 2. The van der Waals surface area contributed by atoms with E-state index in [0.29, 0.717) is 0 Å². The number of nitrogens with two attached hydrogens (primary N) is 1. The maximum atomic E-state index is 12.8. The van der Waals surface area contributed by atoms with Gasteiger partial charge in [0.2, 0.25) is 17.7 Å². The Morgan fingerprint density at radius 2 is 1.40 bits per heavy atom. The van der Waals surface area contributed by atoms with Crippen LogP contribution in [0.3, 0.4) is 0 Å². The van der Waals surface area contributed by atoms with Crippen molar-refractivity contribution in [2.24, 2.45) is 11.7 Å². The molecule has 0 spiro atoms.